The maximum atomic E-state index is 12.3. The average molecular weight is 360 g/mol. The number of benzene rings is 1. The highest BCUT2D eigenvalue weighted by molar-refractivity contribution is 7.99. The number of hydrogen-bond acceptors (Lipinski definition) is 4. The van der Waals surface area contributed by atoms with Crippen molar-refractivity contribution in [3.8, 4) is 0 Å². The summed E-state index contributed by atoms with van der Waals surface area (Å²) in [5.74, 6) is 0.240. The minimum Gasteiger partial charge on any atom is -0.354 e. The highest BCUT2D eigenvalue weighted by atomic mass is 32.2. The number of nitrogens with one attached hydrogen (secondary N) is 2. The smallest absolute Gasteiger partial charge is 0.343 e. The highest BCUT2D eigenvalue weighted by Gasteiger charge is 2.38. The second kappa shape index (κ2) is 7.91. The standard InChI is InChI=1S/C18H24N4O2S/c1-2-11-22-16(24)20-21-17(22)25-12-15(23)19-13-18(9-6-10-18)14-7-4-3-5-8-14/h3-5,7-8H,2,6,9-13H2,1H3,(H,19,23)(H,20,24). The molecule has 1 amide bonds. The lowest BCUT2D eigenvalue weighted by atomic mass is 9.64. The summed E-state index contributed by atoms with van der Waals surface area (Å²) < 4.78 is 1.58. The quantitative estimate of drug-likeness (QED) is 0.708. The van der Waals surface area contributed by atoms with Crippen LogP contribution in [-0.2, 0) is 16.8 Å². The Labute approximate surface area is 151 Å². The van der Waals surface area contributed by atoms with Crippen molar-refractivity contribution in [2.75, 3.05) is 12.3 Å². The molecule has 0 atom stereocenters. The van der Waals surface area contributed by atoms with E-state index in [2.05, 4.69) is 39.8 Å². The van der Waals surface area contributed by atoms with Gasteiger partial charge in [-0.3, -0.25) is 9.36 Å². The van der Waals surface area contributed by atoms with Crippen molar-refractivity contribution in [1.29, 1.82) is 0 Å². The molecule has 0 spiro atoms. The Bertz CT molecular complexity index is 765. The summed E-state index contributed by atoms with van der Waals surface area (Å²) in [4.78, 5) is 23.9. The Balaban J connectivity index is 1.54. The van der Waals surface area contributed by atoms with Crippen molar-refractivity contribution in [2.24, 2.45) is 0 Å². The molecule has 1 aromatic carbocycles. The van der Waals surface area contributed by atoms with Gasteiger partial charge in [-0.2, -0.15) is 0 Å². The molecule has 25 heavy (non-hydrogen) atoms. The van der Waals surface area contributed by atoms with Crippen molar-refractivity contribution in [3.05, 3.63) is 46.4 Å². The van der Waals surface area contributed by atoms with E-state index >= 15 is 0 Å². The van der Waals surface area contributed by atoms with Crippen LogP contribution in [0.5, 0.6) is 0 Å². The number of thioether (sulfide) groups is 1. The summed E-state index contributed by atoms with van der Waals surface area (Å²) in [5.41, 5.74) is 1.17. The van der Waals surface area contributed by atoms with E-state index in [1.807, 2.05) is 13.0 Å². The molecule has 0 saturated heterocycles. The molecule has 0 radical (unpaired) electrons. The van der Waals surface area contributed by atoms with E-state index in [-0.39, 0.29) is 22.8 Å². The third kappa shape index (κ3) is 3.98. The van der Waals surface area contributed by atoms with Crippen LogP contribution in [-0.4, -0.2) is 33.0 Å². The van der Waals surface area contributed by atoms with E-state index in [9.17, 15) is 9.59 Å². The second-order valence-corrected chi connectivity index (χ2v) is 7.47. The number of carbonyl (C=O) groups excluding carboxylic acids is 1. The van der Waals surface area contributed by atoms with Crippen LogP contribution in [0.15, 0.2) is 40.3 Å². The molecule has 2 aromatic rings. The zero-order chi connectivity index (χ0) is 17.7. The lowest BCUT2D eigenvalue weighted by molar-refractivity contribution is -0.119. The normalized spacial score (nSPS) is 15.6. The van der Waals surface area contributed by atoms with Crippen LogP contribution in [0.4, 0.5) is 0 Å². The fourth-order valence-corrected chi connectivity index (χ4v) is 4.05. The van der Waals surface area contributed by atoms with Gasteiger partial charge in [0.05, 0.1) is 5.75 Å². The molecule has 1 heterocycles. The first-order valence-corrected chi connectivity index (χ1v) is 9.73. The lowest BCUT2D eigenvalue weighted by Crippen LogP contribution is -2.46. The van der Waals surface area contributed by atoms with Crippen LogP contribution >= 0.6 is 11.8 Å². The molecule has 1 aromatic heterocycles. The van der Waals surface area contributed by atoms with Crippen LogP contribution in [0, 0.1) is 0 Å². The first-order chi connectivity index (χ1) is 12.1. The molecule has 6 nitrogen and oxygen atoms in total. The van der Waals surface area contributed by atoms with Gasteiger partial charge in [0.1, 0.15) is 0 Å². The number of amides is 1. The first-order valence-electron chi connectivity index (χ1n) is 8.75. The van der Waals surface area contributed by atoms with E-state index in [4.69, 9.17) is 0 Å². The number of hydrogen-bond donors (Lipinski definition) is 2. The third-order valence-electron chi connectivity index (χ3n) is 4.82. The molecule has 1 aliphatic carbocycles. The summed E-state index contributed by atoms with van der Waals surface area (Å²) in [6.07, 6.45) is 4.27. The van der Waals surface area contributed by atoms with Crippen LogP contribution < -0.4 is 11.0 Å². The van der Waals surface area contributed by atoms with E-state index in [1.165, 1.54) is 23.7 Å². The summed E-state index contributed by atoms with van der Waals surface area (Å²) in [6, 6.07) is 10.4. The highest BCUT2D eigenvalue weighted by Crippen LogP contribution is 2.43. The van der Waals surface area contributed by atoms with Crippen LogP contribution in [0.1, 0.15) is 38.2 Å². The summed E-state index contributed by atoms with van der Waals surface area (Å²) in [7, 11) is 0. The number of carbonyl (C=O) groups is 1. The molecule has 3 rings (SSSR count). The maximum Gasteiger partial charge on any atom is 0.343 e. The van der Waals surface area contributed by atoms with Gasteiger partial charge in [-0.25, -0.2) is 9.89 Å². The maximum absolute atomic E-state index is 12.3. The lowest BCUT2D eigenvalue weighted by Gasteiger charge is -2.42. The molecule has 1 fully saturated rings. The van der Waals surface area contributed by atoms with Crippen molar-refractivity contribution < 1.29 is 4.79 Å². The SMILES string of the molecule is CCCn1c(SCC(=O)NCC2(c3ccccc3)CCC2)n[nH]c1=O. The van der Waals surface area contributed by atoms with Gasteiger partial charge in [0.15, 0.2) is 5.16 Å². The number of H-pyrrole nitrogens is 1. The predicted octanol–water partition coefficient (Wildman–Crippen LogP) is 2.31. The summed E-state index contributed by atoms with van der Waals surface area (Å²) in [5, 5.41) is 10.1. The third-order valence-corrected chi connectivity index (χ3v) is 5.80. The Morgan fingerprint density at radius 3 is 2.76 bits per heavy atom. The van der Waals surface area contributed by atoms with Gasteiger partial charge in [0.2, 0.25) is 5.91 Å². The topological polar surface area (TPSA) is 79.8 Å². The number of aromatic amines is 1. The largest absolute Gasteiger partial charge is 0.354 e. The predicted molar refractivity (Wildman–Crippen MR) is 98.8 cm³/mol. The minimum atomic E-state index is -0.220. The Hall–Kier alpha value is -2.02. The van der Waals surface area contributed by atoms with Gasteiger partial charge in [0.25, 0.3) is 0 Å². The zero-order valence-electron chi connectivity index (χ0n) is 14.5. The van der Waals surface area contributed by atoms with Gasteiger partial charge in [-0.15, -0.1) is 5.10 Å². The molecule has 0 bridgehead atoms. The van der Waals surface area contributed by atoms with E-state index in [1.54, 1.807) is 4.57 Å². The average Bonchev–Trinajstić information content (AvgIpc) is 2.94. The van der Waals surface area contributed by atoms with Crippen molar-refractivity contribution >= 4 is 17.7 Å². The first kappa shape index (κ1) is 17.8. The molecule has 134 valence electrons. The molecule has 1 saturated carbocycles. The molecular formula is C18H24N4O2S. The van der Waals surface area contributed by atoms with Crippen LogP contribution in [0.2, 0.25) is 0 Å². The van der Waals surface area contributed by atoms with Gasteiger partial charge < -0.3 is 5.32 Å². The van der Waals surface area contributed by atoms with Crippen LogP contribution in [0.3, 0.4) is 0 Å². The van der Waals surface area contributed by atoms with Gasteiger partial charge in [-0.1, -0.05) is 55.4 Å². The van der Waals surface area contributed by atoms with E-state index < -0.39 is 0 Å². The molecule has 0 unspecified atom stereocenters. The van der Waals surface area contributed by atoms with E-state index in [0.29, 0.717) is 18.2 Å². The summed E-state index contributed by atoms with van der Waals surface area (Å²) >= 11 is 1.30. The Kier molecular flexibility index (Phi) is 5.63. The molecule has 1 aliphatic rings. The molecule has 2 N–H and O–H groups in total. The summed E-state index contributed by atoms with van der Waals surface area (Å²) in [6.45, 7) is 3.28. The van der Waals surface area contributed by atoms with Crippen LogP contribution in [0.25, 0.3) is 0 Å². The fraction of sp³-hybridized carbons (Fsp3) is 0.500. The Morgan fingerprint density at radius 2 is 2.12 bits per heavy atom. The zero-order valence-corrected chi connectivity index (χ0v) is 15.3. The molecular weight excluding hydrogens is 336 g/mol. The van der Waals surface area contributed by atoms with Gasteiger partial charge >= 0.3 is 5.69 Å². The minimum absolute atomic E-state index is 0.0225. The molecule has 7 heteroatoms. The van der Waals surface area contributed by atoms with Gasteiger partial charge in [-0.05, 0) is 24.8 Å². The van der Waals surface area contributed by atoms with Crippen molar-refractivity contribution in [2.45, 2.75) is 49.7 Å². The van der Waals surface area contributed by atoms with Crippen molar-refractivity contribution in [3.63, 3.8) is 0 Å². The number of nitrogens with zero attached hydrogens (tertiary/aromatic N) is 2. The van der Waals surface area contributed by atoms with Gasteiger partial charge in [0, 0.05) is 18.5 Å². The molecule has 0 aliphatic heterocycles. The second-order valence-electron chi connectivity index (χ2n) is 6.53. The van der Waals surface area contributed by atoms with Crippen molar-refractivity contribution in [1.82, 2.24) is 20.1 Å². The Morgan fingerprint density at radius 1 is 1.36 bits per heavy atom. The monoisotopic (exact) mass is 360 g/mol. The fourth-order valence-electron chi connectivity index (χ4n) is 3.25. The number of rotatable bonds is 8. The van der Waals surface area contributed by atoms with E-state index in [0.717, 1.165) is 19.3 Å². The number of aromatic nitrogens is 3.